The lowest BCUT2D eigenvalue weighted by atomic mass is 10.3. The van der Waals surface area contributed by atoms with Crippen LogP contribution in [0.3, 0.4) is 0 Å². The molecule has 0 aliphatic carbocycles. The number of carbonyl (C=O) groups is 2. The molecule has 5 heteroatoms. The van der Waals surface area contributed by atoms with Gasteiger partial charge in [-0.1, -0.05) is 18.2 Å². The second-order valence-corrected chi connectivity index (χ2v) is 6.56. The van der Waals surface area contributed by atoms with Crippen LogP contribution in [0.4, 0.5) is 0 Å². The van der Waals surface area contributed by atoms with Gasteiger partial charge in [0.15, 0.2) is 0 Å². The normalized spacial score (nSPS) is 12.0. The van der Waals surface area contributed by atoms with Crippen molar-refractivity contribution in [3.8, 4) is 0 Å². The van der Waals surface area contributed by atoms with E-state index in [1.165, 1.54) is 11.8 Å². The molecule has 2 amide bonds. The molecule has 1 N–H and O–H groups in total. The molecule has 116 valence electrons. The van der Waals surface area contributed by atoms with Crippen molar-refractivity contribution in [2.75, 3.05) is 13.1 Å². The summed E-state index contributed by atoms with van der Waals surface area (Å²) in [5.41, 5.74) is 0. The van der Waals surface area contributed by atoms with Crippen LogP contribution in [0, 0.1) is 0 Å². The van der Waals surface area contributed by atoms with Crippen molar-refractivity contribution >= 4 is 23.6 Å². The summed E-state index contributed by atoms with van der Waals surface area (Å²) in [5, 5.41) is 2.60. The molecule has 0 aliphatic heterocycles. The minimum Gasteiger partial charge on any atom is -0.352 e. The minimum atomic E-state index is -0.209. The zero-order valence-corrected chi connectivity index (χ0v) is 13.9. The highest BCUT2D eigenvalue weighted by molar-refractivity contribution is 8.00. The van der Waals surface area contributed by atoms with Gasteiger partial charge in [0, 0.05) is 17.5 Å². The van der Waals surface area contributed by atoms with Crippen LogP contribution in [0.2, 0.25) is 0 Å². The van der Waals surface area contributed by atoms with Crippen molar-refractivity contribution in [1.29, 1.82) is 0 Å². The van der Waals surface area contributed by atoms with Gasteiger partial charge in [-0.3, -0.25) is 9.59 Å². The summed E-state index contributed by atoms with van der Waals surface area (Å²) >= 11 is 1.51. The number of nitrogens with zero attached hydrogens (tertiary/aromatic N) is 1. The Bertz CT molecular complexity index is 463. The molecule has 0 fully saturated rings. The van der Waals surface area contributed by atoms with E-state index in [9.17, 15) is 9.59 Å². The van der Waals surface area contributed by atoms with Gasteiger partial charge in [-0.25, -0.2) is 0 Å². The molecule has 0 spiro atoms. The third kappa shape index (κ3) is 6.21. The van der Waals surface area contributed by atoms with Crippen molar-refractivity contribution in [2.45, 2.75) is 43.9 Å². The zero-order chi connectivity index (χ0) is 15.8. The molecular formula is C16H24N2O2S. The number of amides is 2. The fraction of sp³-hybridized carbons (Fsp3) is 0.500. The molecule has 0 aliphatic rings. The Morgan fingerprint density at radius 3 is 2.33 bits per heavy atom. The average Bonchev–Trinajstić information content (AvgIpc) is 2.44. The lowest BCUT2D eigenvalue weighted by Crippen LogP contribution is -2.45. The topological polar surface area (TPSA) is 49.4 Å². The highest BCUT2D eigenvalue weighted by atomic mass is 32.2. The van der Waals surface area contributed by atoms with Crippen molar-refractivity contribution < 1.29 is 9.59 Å². The third-order valence-corrected chi connectivity index (χ3v) is 3.98. The van der Waals surface area contributed by atoms with Crippen molar-refractivity contribution in [2.24, 2.45) is 0 Å². The fourth-order valence-electron chi connectivity index (χ4n) is 1.90. The number of likely N-dealkylation sites (N-methyl/N-ethyl adjacent to an activating group) is 1. The Balaban J connectivity index is 2.59. The molecule has 0 saturated carbocycles. The molecule has 1 aromatic rings. The molecule has 0 aromatic heterocycles. The Morgan fingerprint density at radius 1 is 1.19 bits per heavy atom. The first-order valence-electron chi connectivity index (χ1n) is 7.23. The highest BCUT2D eigenvalue weighted by Crippen LogP contribution is 2.23. The Morgan fingerprint density at radius 2 is 1.81 bits per heavy atom. The number of thioether (sulfide) groups is 1. The Labute approximate surface area is 131 Å². The molecule has 4 nitrogen and oxygen atoms in total. The number of nitrogens with one attached hydrogen (secondary N) is 1. The van der Waals surface area contributed by atoms with Crippen LogP contribution in [-0.4, -0.2) is 41.1 Å². The van der Waals surface area contributed by atoms with Gasteiger partial charge in [-0.2, -0.15) is 0 Å². The predicted molar refractivity (Wildman–Crippen MR) is 87.3 cm³/mol. The predicted octanol–water partition coefficient (Wildman–Crippen LogP) is 2.54. The summed E-state index contributed by atoms with van der Waals surface area (Å²) < 4.78 is 0. The van der Waals surface area contributed by atoms with Crippen molar-refractivity contribution in [3.05, 3.63) is 30.3 Å². The highest BCUT2D eigenvalue weighted by Gasteiger charge is 2.22. The van der Waals surface area contributed by atoms with E-state index in [-0.39, 0.29) is 29.7 Å². The molecule has 0 radical (unpaired) electrons. The number of benzene rings is 1. The van der Waals surface area contributed by atoms with Crippen LogP contribution in [0.15, 0.2) is 35.2 Å². The van der Waals surface area contributed by atoms with Gasteiger partial charge < -0.3 is 10.2 Å². The average molecular weight is 308 g/mol. The zero-order valence-electron chi connectivity index (χ0n) is 13.1. The first-order chi connectivity index (χ1) is 9.93. The molecule has 0 bridgehead atoms. The number of hydrogen-bond donors (Lipinski definition) is 1. The molecule has 0 heterocycles. The lowest BCUT2D eigenvalue weighted by Gasteiger charge is -2.24. The minimum absolute atomic E-state index is 0.00902. The van der Waals surface area contributed by atoms with Gasteiger partial charge in [0.25, 0.3) is 0 Å². The first kappa shape index (κ1) is 17.6. The Hall–Kier alpha value is -1.49. The molecule has 1 unspecified atom stereocenters. The Kier molecular flexibility index (Phi) is 7.29. The summed E-state index contributed by atoms with van der Waals surface area (Å²) in [5.74, 6) is -0.123. The van der Waals surface area contributed by atoms with Gasteiger partial charge in [0.05, 0.1) is 11.8 Å². The smallest absolute Gasteiger partial charge is 0.239 e. The maximum atomic E-state index is 12.4. The van der Waals surface area contributed by atoms with Crippen LogP contribution in [0.1, 0.15) is 27.7 Å². The number of rotatable bonds is 7. The van der Waals surface area contributed by atoms with Crippen LogP contribution in [-0.2, 0) is 9.59 Å². The summed E-state index contributed by atoms with van der Waals surface area (Å²) in [4.78, 5) is 26.9. The van der Waals surface area contributed by atoms with Gasteiger partial charge in [0.1, 0.15) is 0 Å². The standard InChI is InChI=1S/C16H24N2O2S/c1-5-18(11-15(19)17-12(2)3)16(20)13(4)21-14-9-7-6-8-10-14/h6-10,12-13H,5,11H2,1-4H3,(H,17,19). The van der Waals surface area contributed by atoms with Gasteiger partial charge in [0.2, 0.25) is 11.8 Å². The number of carbonyl (C=O) groups excluding carboxylic acids is 2. The second-order valence-electron chi connectivity index (χ2n) is 5.15. The summed E-state index contributed by atoms with van der Waals surface area (Å²) in [7, 11) is 0. The van der Waals surface area contributed by atoms with Crippen molar-refractivity contribution in [3.63, 3.8) is 0 Å². The third-order valence-electron chi connectivity index (χ3n) is 2.88. The molecular weight excluding hydrogens is 284 g/mol. The maximum absolute atomic E-state index is 12.4. The lowest BCUT2D eigenvalue weighted by molar-refractivity contribution is -0.135. The van der Waals surface area contributed by atoms with E-state index in [1.54, 1.807) is 4.90 Å². The van der Waals surface area contributed by atoms with E-state index in [1.807, 2.05) is 58.0 Å². The van der Waals surface area contributed by atoms with E-state index < -0.39 is 0 Å². The van der Waals surface area contributed by atoms with Crippen LogP contribution in [0.5, 0.6) is 0 Å². The second kappa shape index (κ2) is 8.72. The van der Waals surface area contributed by atoms with E-state index in [0.29, 0.717) is 6.54 Å². The fourth-order valence-corrected chi connectivity index (χ4v) is 2.87. The quantitative estimate of drug-likeness (QED) is 0.788. The van der Waals surface area contributed by atoms with Gasteiger partial charge in [-0.15, -0.1) is 11.8 Å². The van der Waals surface area contributed by atoms with Crippen LogP contribution < -0.4 is 5.32 Å². The summed E-state index contributed by atoms with van der Waals surface area (Å²) in [6, 6.07) is 9.90. The summed E-state index contributed by atoms with van der Waals surface area (Å²) in [6.07, 6.45) is 0. The van der Waals surface area contributed by atoms with Crippen LogP contribution >= 0.6 is 11.8 Å². The SMILES string of the molecule is CCN(CC(=O)NC(C)C)C(=O)C(C)Sc1ccccc1. The van der Waals surface area contributed by atoms with Gasteiger partial charge >= 0.3 is 0 Å². The molecule has 1 rings (SSSR count). The monoisotopic (exact) mass is 308 g/mol. The molecule has 21 heavy (non-hydrogen) atoms. The van der Waals surface area contributed by atoms with E-state index in [4.69, 9.17) is 0 Å². The largest absolute Gasteiger partial charge is 0.352 e. The van der Waals surface area contributed by atoms with E-state index in [0.717, 1.165) is 4.90 Å². The first-order valence-corrected chi connectivity index (χ1v) is 8.11. The van der Waals surface area contributed by atoms with Crippen LogP contribution in [0.25, 0.3) is 0 Å². The van der Waals surface area contributed by atoms with Gasteiger partial charge in [-0.05, 0) is 39.8 Å². The van der Waals surface area contributed by atoms with E-state index in [2.05, 4.69) is 5.32 Å². The van der Waals surface area contributed by atoms with Crippen molar-refractivity contribution in [1.82, 2.24) is 10.2 Å². The number of hydrogen-bond acceptors (Lipinski definition) is 3. The molecule has 0 saturated heterocycles. The van der Waals surface area contributed by atoms with E-state index >= 15 is 0 Å². The summed E-state index contributed by atoms with van der Waals surface area (Å²) in [6.45, 7) is 8.23. The maximum Gasteiger partial charge on any atom is 0.239 e. The molecule has 1 aromatic carbocycles. The molecule has 1 atom stereocenters.